The lowest BCUT2D eigenvalue weighted by Gasteiger charge is -2.31. The van der Waals surface area contributed by atoms with E-state index in [1.165, 1.54) is 0 Å². The topological polar surface area (TPSA) is 72.2 Å². The predicted octanol–water partition coefficient (Wildman–Crippen LogP) is 3.66. The molecule has 0 heterocycles. The molecule has 0 saturated carbocycles. The molecule has 0 aliphatic rings. The highest BCUT2D eigenvalue weighted by Crippen LogP contribution is 2.25. The highest BCUT2D eigenvalue weighted by Gasteiger charge is 2.28. The van der Waals surface area contributed by atoms with Crippen molar-refractivity contribution in [2.45, 2.75) is 33.2 Å². The van der Waals surface area contributed by atoms with Crippen LogP contribution in [-0.2, 0) is 0 Å². The Morgan fingerprint density at radius 1 is 1.48 bits per heavy atom. The molecule has 1 aromatic carbocycles. The number of nitro benzene ring substituents is 1. The minimum atomic E-state index is -0.755. The van der Waals surface area contributed by atoms with Gasteiger partial charge in [-0.05, 0) is 24.0 Å². The number of amides is 1. The van der Waals surface area contributed by atoms with Gasteiger partial charge in [0.05, 0.1) is 11.0 Å². The van der Waals surface area contributed by atoms with Crippen LogP contribution in [0.4, 0.5) is 10.1 Å². The van der Waals surface area contributed by atoms with Crippen LogP contribution in [0.1, 0.15) is 37.6 Å². The van der Waals surface area contributed by atoms with Crippen molar-refractivity contribution in [1.82, 2.24) is 5.32 Å². The predicted molar refractivity (Wildman–Crippen MR) is 82.2 cm³/mol. The van der Waals surface area contributed by atoms with Crippen LogP contribution in [0, 0.1) is 21.3 Å². The Labute approximate surface area is 131 Å². The molecule has 0 saturated heterocycles. The number of nitrogens with one attached hydrogen (secondary N) is 1. The number of carbonyl (C=O) groups is 1. The van der Waals surface area contributed by atoms with Crippen LogP contribution >= 0.6 is 15.9 Å². The fourth-order valence-electron chi connectivity index (χ4n) is 1.91. The molecule has 116 valence electrons. The minimum absolute atomic E-state index is 0.134. The highest BCUT2D eigenvalue weighted by molar-refractivity contribution is 9.09. The van der Waals surface area contributed by atoms with Gasteiger partial charge in [0.25, 0.3) is 11.6 Å². The first kappa shape index (κ1) is 17.6. The molecule has 1 atom stereocenters. The van der Waals surface area contributed by atoms with E-state index in [0.717, 1.165) is 18.2 Å². The second-order valence-electron chi connectivity index (χ2n) is 5.79. The van der Waals surface area contributed by atoms with E-state index in [1.54, 1.807) is 0 Å². The van der Waals surface area contributed by atoms with Crippen molar-refractivity contribution in [2.75, 3.05) is 5.33 Å². The molecule has 21 heavy (non-hydrogen) atoms. The second-order valence-corrected chi connectivity index (χ2v) is 6.58. The number of rotatable bonds is 5. The molecular weight excluding hydrogens is 343 g/mol. The Balaban J connectivity index is 3.06. The maximum atomic E-state index is 13.1. The van der Waals surface area contributed by atoms with E-state index in [9.17, 15) is 19.3 Å². The van der Waals surface area contributed by atoms with E-state index >= 15 is 0 Å². The zero-order valence-electron chi connectivity index (χ0n) is 12.2. The first-order chi connectivity index (χ1) is 9.66. The maximum Gasteiger partial charge on any atom is 0.285 e. The van der Waals surface area contributed by atoms with Gasteiger partial charge in [-0.25, -0.2) is 4.39 Å². The average molecular weight is 361 g/mol. The van der Waals surface area contributed by atoms with Gasteiger partial charge >= 0.3 is 0 Å². The van der Waals surface area contributed by atoms with Gasteiger partial charge < -0.3 is 5.32 Å². The first-order valence-electron chi connectivity index (χ1n) is 6.47. The lowest BCUT2D eigenvalue weighted by molar-refractivity contribution is -0.385. The Morgan fingerprint density at radius 2 is 2.10 bits per heavy atom. The van der Waals surface area contributed by atoms with Gasteiger partial charge in [-0.1, -0.05) is 36.7 Å². The van der Waals surface area contributed by atoms with E-state index in [2.05, 4.69) is 21.2 Å². The fraction of sp³-hybridized carbons (Fsp3) is 0.500. The average Bonchev–Trinajstić information content (AvgIpc) is 2.36. The van der Waals surface area contributed by atoms with E-state index in [-0.39, 0.29) is 17.0 Å². The van der Waals surface area contributed by atoms with Gasteiger partial charge in [0.2, 0.25) is 0 Å². The molecule has 1 amide bonds. The molecule has 0 aliphatic carbocycles. The number of nitrogens with zero attached hydrogens (tertiary/aromatic N) is 1. The molecule has 0 spiro atoms. The third kappa shape index (κ3) is 4.77. The summed E-state index contributed by atoms with van der Waals surface area (Å²) in [7, 11) is 0. The number of benzene rings is 1. The summed E-state index contributed by atoms with van der Waals surface area (Å²) in [6.45, 7) is 5.92. The number of halogens is 2. The van der Waals surface area contributed by atoms with Gasteiger partial charge in [0.15, 0.2) is 0 Å². The molecule has 5 nitrogen and oxygen atoms in total. The Hall–Kier alpha value is -1.50. The van der Waals surface area contributed by atoms with E-state index in [1.807, 2.05) is 20.8 Å². The van der Waals surface area contributed by atoms with Gasteiger partial charge in [0.1, 0.15) is 11.4 Å². The van der Waals surface area contributed by atoms with Gasteiger partial charge in [0, 0.05) is 11.4 Å². The van der Waals surface area contributed by atoms with E-state index < -0.39 is 22.3 Å². The zero-order chi connectivity index (χ0) is 16.2. The molecular formula is C14H18BrFN2O3. The SMILES string of the molecule is CC(C)(C)C(CCBr)NC(=O)c1ccc(F)cc1[N+](=O)[O-]. The maximum absolute atomic E-state index is 13.1. The summed E-state index contributed by atoms with van der Waals surface area (Å²) in [5, 5.41) is 14.4. The molecule has 1 aromatic rings. The monoisotopic (exact) mass is 360 g/mol. The van der Waals surface area contributed by atoms with Crippen molar-refractivity contribution in [2.24, 2.45) is 5.41 Å². The largest absolute Gasteiger partial charge is 0.349 e. The van der Waals surface area contributed by atoms with Crippen molar-refractivity contribution in [3.8, 4) is 0 Å². The minimum Gasteiger partial charge on any atom is -0.349 e. The number of hydrogen-bond acceptors (Lipinski definition) is 3. The van der Waals surface area contributed by atoms with Crippen molar-refractivity contribution in [3.63, 3.8) is 0 Å². The number of carbonyl (C=O) groups excluding carboxylic acids is 1. The van der Waals surface area contributed by atoms with Crippen LogP contribution in [-0.4, -0.2) is 22.2 Å². The summed E-state index contributed by atoms with van der Waals surface area (Å²) in [6.07, 6.45) is 0.685. The fourth-order valence-corrected chi connectivity index (χ4v) is 2.37. The zero-order valence-corrected chi connectivity index (χ0v) is 13.7. The smallest absolute Gasteiger partial charge is 0.285 e. The number of alkyl halides is 1. The van der Waals surface area contributed by atoms with Crippen LogP contribution in [0.5, 0.6) is 0 Å². The van der Waals surface area contributed by atoms with Crippen LogP contribution in [0.3, 0.4) is 0 Å². The van der Waals surface area contributed by atoms with Crippen LogP contribution in [0.2, 0.25) is 0 Å². The first-order valence-corrected chi connectivity index (χ1v) is 7.59. The summed E-state index contributed by atoms with van der Waals surface area (Å²) in [5.41, 5.74) is -0.859. The lowest BCUT2D eigenvalue weighted by atomic mass is 9.85. The van der Waals surface area contributed by atoms with Crippen molar-refractivity contribution >= 4 is 27.5 Å². The highest BCUT2D eigenvalue weighted by atomic mass is 79.9. The second kappa shape index (κ2) is 6.98. The van der Waals surface area contributed by atoms with Crippen LogP contribution < -0.4 is 5.32 Å². The molecule has 0 bridgehead atoms. The standard InChI is InChI=1S/C14H18BrFN2O3/c1-14(2,3)12(6-7-15)17-13(19)10-5-4-9(16)8-11(10)18(20)21/h4-5,8,12H,6-7H2,1-3H3,(H,17,19). The van der Waals surface area contributed by atoms with E-state index in [4.69, 9.17) is 0 Å². The van der Waals surface area contributed by atoms with Gasteiger partial charge in [-0.3, -0.25) is 14.9 Å². The van der Waals surface area contributed by atoms with Crippen LogP contribution in [0.25, 0.3) is 0 Å². The summed E-state index contributed by atoms with van der Waals surface area (Å²) in [6, 6.07) is 2.77. The van der Waals surface area contributed by atoms with E-state index in [0.29, 0.717) is 11.8 Å². The van der Waals surface area contributed by atoms with Crippen molar-refractivity contribution < 1.29 is 14.1 Å². The molecule has 0 radical (unpaired) electrons. The Bertz CT molecular complexity index is 544. The van der Waals surface area contributed by atoms with Gasteiger partial charge in [-0.15, -0.1) is 0 Å². The molecule has 7 heteroatoms. The molecule has 0 aromatic heterocycles. The summed E-state index contributed by atoms with van der Waals surface area (Å²) >= 11 is 3.33. The molecule has 1 N–H and O–H groups in total. The summed E-state index contributed by atoms with van der Waals surface area (Å²) in [5.74, 6) is -1.31. The number of nitro groups is 1. The third-order valence-electron chi connectivity index (χ3n) is 3.15. The summed E-state index contributed by atoms with van der Waals surface area (Å²) in [4.78, 5) is 22.4. The van der Waals surface area contributed by atoms with Crippen molar-refractivity contribution in [1.29, 1.82) is 0 Å². The normalized spacial score (nSPS) is 12.8. The Morgan fingerprint density at radius 3 is 2.57 bits per heavy atom. The lowest BCUT2D eigenvalue weighted by Crippen LogP contribution is -2.44. The molecule has 1 unspecified atom stereocenters. The van der Waals surface area contributed by atoms with Crippen LogP contribution in [0.15, 0.2) is 18.2 Å². The molecule has 1 rings (SSSR count). The molecule has 0 fully saturated rings. The summed E-state index contributed by atoms with van der Waals surface area (Å²) < 4.78 is 13.1. The van der Waals surface area contributed by atoms with Crippen molar-refractivity contribution in [3.05, 3.63) is 39.7 Å². The molecule has 0 aliphatic heterocycles. The quantitative estimate of drug-likeness (QED) is 0.494. The third-order valence-corrected chi connectivity index (χ3v) is 3.61. The Kier molecular flexibility index (Phi) is 5.83. The number of hydrogen-bond donors (Lipinski definition) is 1. The van der Waals surface area contributed by atoms with Gasteiger partial charge in [-0.2, -0.15) is 0 Å².